The Bertz CT molecular complexity index is 644. The van der Waals surface area contributed by atoms with Crippen LogP contribution in [0.25, 0.3) is 0 Å². The van der Waals surface area contributed by atoms with Crippen LogP contribution in [-0.2, 0) is 4.79 Å². The fourth-order valence-corrected chi connectivity index (χ4v) is 4.15. The Morgan fingerprint density at radius 1 is 0.880 bits per heavy atom. The van der Waals surface area contributed by atoms with E-state index in [1.54, 1.807) is 23.1 Å². The zero-order valence-electron chi connectivity index (χ0n) is 14.3. The Kier molecular flexibility index (Phi) is 6.24. The fourth-order valence-electron chi connectivity index (χ4n) is 3.78. The van der Waals surface area contributed by atoms with Crippen molar-refractivity contribution in [3.05, 3.63) is 33.8 Å². The second-order valence-corrected chi connectivity index (χ2v) is 7.77. The lowest BCUT2D eigenvalue weighted by molar-refractivity contribution is -0.136. The van der Waals surface area contributed by atoms with E-state index in [0.717, 1.165) is 38.6 Å². The standard InChI is InChI=1S/C19H24Cl2N2O2/c20-15-7-8-17(21)16(13-15)19(25)23-10-4-9-22(11-12-23)18(24)14-5-2-1-3-6-14/h7-8,13-14H,1-6,9-12H2. The molecule has 3 rings (SSSR count). The molecule has 2 amide bonds. The minimum atomic E-state index is -0.112. The fraction of sp³-hybridized carbons (Fsp3) is 0.579. The van der Waals surface area contributed by atoms with Gasteiger partial charge in [0, 0.05) is 37.1 Å². The summed E-state index contributed by atoms with van der Waals surface area (Å²) in [5, 5.41) is 0.908. The minimum Gasteiger partial charge on any atom is -0.341 e. The molecule has 2 fully saturated rings. The van der Waals surface area contributed by atoms with Crippen LogP contribution >= 0.6 is 23.2 Å². The van der Waals surface area contributed by atoms with E-state index in [-0.39, 0.29) is 17.7 Å². The highest BCUT2D eigenvalue weighted by atomic mass is 35.5. The molecule has 1 heterocycles. The van der Waals surface area contributed by atoms with Gasteiger partial charge in [-0.2, -0.15) is 0 Å². The third-order valence-corrected chi connectivity index (χ3v) is 5.77. The van der Waals surface area contributed by atoms with Crippen molar-refractivity contribution >= 4 is 35.0 Å². The molecular formula is C19H24Cl2N2O2. The van der Waals surface area contributed by atoms with Gasteiger partial charge in [0.1, 0.15) is 0 Å². The Morgan fingerprint density at radius 3 is 2.32 bits per heavy atom. The number of carbonyl (C=O) groups excluding carboxylic acids is 2. The SMILES string of the molecule is O=C(c1cc(Cl)ccc1Cl)N1CCCN(C(=O)C2CCCCC2)CC1. The van der Waals surface area contributed by atoms with E-state index in [2.05, 4.69) is 0 Å². The van der Waals surface area contributed by atoms with Crippen LogP contribution in [0.5, 0.6) is 0 Å². The molecule has 1 aromatic rings. The van der Waals surface area contributed by atoms with Gasteiger partial charge in [-0.1, -0.05) is 42.5 Å². The van der Waals surface area contributed by atoms with Gasteiger partial charge in [-0.15, -0.1) is 0 Å². The van der Waals surface area contributed by atoms with Crippen molar-refractivity contribution in [1.82, 2.24) is 9.80 Å². The highest BCUT2D eigenvalue weighted by Crippen LogP contribution is 2.26. The van der Waals surface area contributed by atoms with Gasteiger partial charge in [0.05, 0.1) is 10.6 Å². The lowest BCUT2D eigenvalue weighted by Crippen LogP contribution is -2.40. The van der Waals surface area contributed by atoms with E-state index in [1.165, 1.54) is 6.42 Å². The molecule has 6 heteroatoms. The van der Waals surface area contributed by atoms with Crippen LogP contribution < -0.4 is 0 Å². The highest BCUT2D eigenvalue weighted by molar-refractivity contribution is 6.35. The van der Waals surface area contributed by atoms with Crippen LogP contribution in [-0.4, -0.2) is 47.8 Å². The van der Waals surface area contributed by atoms with Crippen molar-refractivity contribution in [2.75, 3.05) is 26.2 Å². The van der Waals surface area contributed by atoms with Gasteiger partial charge in [-0.25, -0.2) is 0 Å². The van der Waals surface area contributed by atoms with Crippen LogP contribution in [0.1, 0.15) is 48.9 Å². The molecule has 0 N–H and O–H groups in total. The molecule has 1 saturated heterocycles. The van der Waals surface area contributed by atoms with Gasteiger partial charge in [0.15, 0.2) is 0 Å². The first kappa shape index (κ1) is 18.5. The monoisotopic (exact) mass is 382 g/mol. The number of rotatable bonds is 2. The molecule has 136 valence electrons. The van der Waals surface area contributed by atoms with Crippen molar-refractivity contribution < 1.29 is 9.59 Å². The molecule has 1 aliphatic carbocycles. The molecule has 0 radical (unpaired) electrons. The van der Waals surface area contributed by atoms with Crippen LogP contribution in [0.15, 0.2) is 18.2 Å². The van der Waals surface area contributed by atoms with E-state index >= 15 is 0 Å². The molecule has 1 aliphatic heterocycles. The number of halogens is 2. The maximum atomic E-state index is 12.8. The van der Waals surface area contributed by atoms with Gasteiger partial charge >= 0.3 is 0 Å². The number of hydrogen-bond donors (Lipinski definition) is 0. The molecule has 0 atom stereocenters. The Balaban J connectivity index is 1.64. The first-order valence-electron chi connectivity index (χ1n) is 9.09. The second kappa shape index (κ2) is 8.41. The van der Waals surface area contributed by atoms with Crippen molar-refractivity contribution in [2.24, 2.45) is 5.92 Å². The molecule has 4 nitrogen and oxygen atoms in total. The van der Waals surface area contributed by atoms with E-state index in [4.69, 9.17) is 23.2 Å². The molecule has 1 aromatic carbocycles. The zero-order valence-corrected chi connectivity index (χ0v) is 15.9. The molecule has 0 bridgehead atoms. The van der Waals surface area contributed by atoms with Crippen LogP contribution in [0.3, 0.4) is 0 Å². The van der Waals surface area contributed by atoms with E-state index < -0.39 is 0 Å². The average Bonchev–Trinajstić information content (AvgIpc) is 2.89. The van der Waals surface area contributed by atoms with E-state index in [9.17, 15) is 9.59 Å². The van der Waals surface area contributed by atoms with Gasteiger partial charge in [0.25, 0.3) is 5.91 Å². The predicted octanol–water partition coefficient (Wildman–Crippen LogP) is 4.25. The first-order valence-corrected chi connectivity index (χ1v) is 9.85. The molecule has 1 saturated carbocycles. The maximum absolute atomic E-state index is 12.8. The van der Waals surface area contributed by atoms with Gasteiger partial charge in [-0.05, 0) is 37.5 Å². The third kappa shape index (κ3) is 4.48. The molecule has 0 spiro atoms. The second-order valence-electron chi connectivity index (χ2n) is 6.93. The quantitative estimate of drug-likeness (QED) is 0.766. The summed E-state index contributed by atoms with van der Waals surface area (Å²) < 4.78 is 0. The smallest absolute Gasteiger partial charge is 0.255 e. The largest absolute Gasteiger partial charge is 0.341 e. The molecule has 0 unspecified atom stereocenters. The summed E-state index contributed by atoms with van der Waals surface area (Å²) in [5.74, 6) is 0.340. The summed E-state index contributed by atoms with van der Waals surface area (Å²) in [7, 11) is 0. The highest BCUT2D eigenvalue weighted by Gasteiger charge is 2.29. The summed E-state index contributed by atoms with van der Waals surface area (Å²) in [6, 6.07) is 4.93. The topological polar surface area (TPSA) is 40.6 Å². The first-order chi connectivity index (χ1) is 12.1. The minimum absolute atomic E-state index is 0.112. The van der Waals surface area contributed by atoms with Gasteiger partial charge in [0.2, 0.25) is 5.91 Å². The number of hydrogen-bond acceptors (Lipinski definition) is 2. The van der Waals surface area contributed by atoms with Crippen molar-refractivity contribution in [3.8, 4) is 0 Å². The van der Waals surface area contributed by atoms with Crippen LogP contribution in [0, 0.1) is 5.92 Å². The Labute approximate surface area is 159 Å². The van der Waals surface area contributed by atoms with E-state index in [1.807, 2.05) is 4.90 Å². The zero-order chi connectivity index (χ0) is 17.8. The number of benzene rings is 1. The van der Waals surface area contributed by atoms with Gasteiger partial charge in [-0.3, -0.25) is 9.59 Å². The number of carbonyl (C=O) groups is 2. The maximum Gasteiger partial charge on any atom is 0.255 e. The molecule has 0 aromatic heterocycles. The molecular weight excluding hydrogens is 359 g/mol. The lowest BCUT2D eigenvalue weighted by Gasteiger charge is -2.28. The van der Waals surface area contributed by atoms with Crippen LogP contribution in [0.2, 0.25) is 10.0 Å². The van der Waals surface area contributed by atoms with Crippen molar-refractivity contribution in [1.29, 1.82) is 0 Å². The number of amides is 2. The van der Waals surface area contributed by atoms with Crippen molar-refractivity contribution in [2.45, 2.75) is 38.5 Å². The molecule has 25 heavy (non-hydrogen) atoms. The summed E-state index contributed by atoms with van der Waals surface area (Å²) in [5.41, 5.74) is 0.432. The lowest BCUT2D eigenvalue weighted by atomic mass is 9.88. The normalized spacial score (nSPS) is 19.6. The van der Waals surface area contributed by atoms with Crippen molar-refractivity contribution in [3.63, 3.8) is 0 Å². The summed E-state index contributed by atoms with van der Waals surface area (Å²) >= 11 is 12.2. The van der Waals surface area contributed by atoms with Gasteiger partial charge < -0.3 is 9.80 Å². The summed E-state index contributed by atoms with van der Waals surface area (Å²) in [6.07, 6.45) is 6.37. The van der Waals surface area contributed by atoms with Crippen LogP contribution in [0.4, 0.5) is 0 Å². The Hall–Kier alpha value is -1.26. The average molecular weight is 383 g/mol. The number of nitrogens with zero attached hydrogens (tertiary/aromatic N) is 2. The summed E-state index contributed by atoms with van der Waals surface area (Å²) in [4.78, 5) is 29.2. The third-order valence-electron chi connectivity index (χ3n) is 5.21. The summed E-state index contributed by atoms with van der Waals surface area (Å²) in [6.45, 7) is 2.50. The Morgan fingerprint density at radius 2 is 1.56 bits per heavy atom. The molecule has 2 aliphatic rings. The van der Waals surface area contributed by atoms with E-state index in [0.29, 0.717) is 35.2 Å². The predicted molar refractivity (Wildman–Crippen MR) is 100 cm³/mol.